The van der Waals surface area contributed by atoms with Gasteiger partial charge in [0.1, 0.15) is 0 Å². The molecule has 0 aromatic heterocycles. The van der Waals surface area contributed by atoms with Crippen molar-refractivity contribution in [2.75, 3.05) is 11.5 Å². The summed E-state index contributed by atoms with van der Waals surface area (Å²) in [5, 5.41) is 13.2. The lowest BCUT2D eigenvalue weighted by Crippen LogP contribution is -2.45. The van der Waals surface area contributed by atoms with Gasteiger partial charge in [0.2, 0.25) is 0 Å². The second-order valence-electron chi connectivity index (χ2n) is 4.39. The smallest absolute Gasteiger partial charge is 0.0693 e. The molecule has 1 heterocycles. The molecule has 2 unspecified atom stereocenters. The average Bonchev–Trinajstić information content (AvgIpc) is 2.56. The van der Waals surface area contributed by atoms with E-state index in [4.69, 9.17) is 0 Å². The molecule has 4 heteroatoms. The predicted octanol–water partition coefficient (Wildman–Crippen LogP) is 0.400. The van der Waals surface area contributed by atoms with Crippen LogP contribution in [0.2, 0.25) is 0 Å². The highest BCUT2D eigenvalue weighted by Gasteiger charge is 2.28. The normalized spacial score (nSPS) is 44.1. The van der Waals surface area contributed by atoms with Crippen molar-refractivity contribution in [2.24, 2.45) is 0 Å². The van der Waals surface area contributed by atoms with Crippen molar-refractivity contribution in [1.29, 1.82) is 0 Å². The van der Waals surface area contributed by atoms with Crippen LogP contribution in [0.15, 0.2) is 0 Å². The number of hydrogen-bond donors (Lipinski definition) is 2. The van der Waals surface area contributed by atoms with Gasteiger partial charge in [-0.1, -0.05) is 0 Å². The highest BCUT2D eigenvalue weighted by Crippen LogP contribution is 2.21. The van der Waals surface area contributed by atoms with Gasteiger partial charge in [0, 0.05) is 34.4 Å². The van der Waals surface area contributed by atoms with Crippen molar-refractivity contribution in [3.8, 4) is 0 Å². The Morgan fingerprint density at radius 3 is 2.43 bits per heavy atom. The molecule has 1 aliphatic carbocycles. The quantitative estimate of drug-likeness (QED) is 0.704. The molecule has 2 atom stereocenters. The van der Waals surface area contributed by atoms with Crippen molar-refractivity contribution < 1.29 is 9.32 Å². The Balaban J connectivity index is 1.77. The first kappa shape index (κ1) is 10.6. The molecule has 2 aliphatic rings. The van der Waals surface area contributed by atoms with E-state index in [2.05, 4.69) is 5.32 Å². The van der Waals surface area contributed by atoms with E-state index in [1.807, 2.05) is 0 Å². The van der Waals surface area contributed by atoms with E-state index in [9.17, 15) is 9.32 Å². The molecular formula is C10H19NO2S. The van der Waals surface area contributed by atoms with Crippen molar-refractivity contribution in [3.63, 3.8) is 0 Å². The average molecular weight is 217 g/mol. The molecule has 1 aliphatic heterocycles. The monoisotopic (exact) mass is 217 g/mol. The molecule has 0 radical (unpaired) electrons. The molecular weight excluding hydrogens is 198 g/mol. The lowest BCUT2D eigenvalue weighted by atomic mass is 10.1. The summed E-state index contributed by atoms with van der Waals surface area (Å²) in [5.74, 6) is 1.67. The van der Waals surface area contributed by atoms with E-state index in [-0.39, 0.29) is 6.10 Å². The summed E-state index contributed by atoms with van der Waals surface area (Å²) in [6.45, 7) is 0. The third-order valence-electron chi connectivity index (χ3n) is 3.32. The Labute approximate surface area is 87.7 Å². The maximum Gasteiger partial charge on any atom is 0.0693 e. The summed E-state index contributed by atoms with van der Waals surface area (Å²) in [7, 11) is -0.575. The van der Waals surface area contributed by atoms with Gasteiger partial charge in [-0.2, -0.15) is 0 Å². The standard InChI is InChI=1S/C10H19NO2S/c12-10-3-1-2-9(10)11-8-4-6-14(13)7-5-8/h8-12H,1-7H2. The lowest BCUT2D eigenvalue weighted by Gasteiger charge is -2.27. The van der Waals surface area contributed by atoms with Crippen molar-refractivity contribution in [1.82, 2.24) is 5.32 Å². The van der Waals surface area contributed by atoms with Crippen molar-refractivity contribution in [2.45, 2.75) is 50.3 Å². The fourth-order valence-corrected chi connectivity index (χ4v) is 3.70. The van der Waals surface area contributed by atoms with Gasteiger partial charge in [-0.3, -0.25) is 4.21 Å². The highest BCUT2D eigenvalue weighted by atomic mass is 32.2. The minimum Gasteiger partial charge on any atom is -0.392 e. The van der Waals surface area contributed by atoms with Gasteiger partial charge in [-0.15, -0.1) is 0 Å². The summed E-state index contributed by atoms with van der Waals surface area (Å²) in [4.78, 5) is 0. The second-order valence-corrected chi connectivity index (χ2v) is 6.09. The number of aliphatic hydroxyl groups excluding tert-OH is 1. The van der Waals surface area contributed by atoms with Gasteiger partial charge >= 0.3 is 0 Å². The Kier molecular flexibility index (Phi) is 3.57. The van der Waals surface area contributed by atoms with E-state index < -0.39 is 10.8 Å². The molecule has 2 N–H and O–H groups in total. The summed E-state index contributed by atoms with van der Waals surface area (Å²) < 4.78 is 11.1. The second kappa shape index (κ2) is 4.73. The molecule has 2 rings (SSSR count). The van der Waals surface area contributed by atoms with Crippen LogP contribution in [0, 0.1) is 0 Å². The molecule has 0 aromatic rings. The zero-order chi connectivity index (χ0) is 9.97. The van der Waals surface area contributed by atoms with Crippen LogP contribution in [0.25, 0.3) is 0 Å². The molecule has 82 valence electrons. The Bertz CT molecular complexity index is 212. The minimum absolute atomic E-state index is 0.151. The SMILES string of the molecule is O=S1CCC(NC2CCCC2O)CC1. The largest absolute Gasteiger partial charge is 0.392 e. The van der Waals surface area contributed by atoms with Crippen molar-refractivity contribution in [3.05, 3.63) is 0 Å². The summed E-state index contributed by atoms with van der Waals surface area (Å²) in [5.41, 5.74) is 0. The summed E-state index contributed by atoms with van der Waals surface area (Å²) >= 11 is 0. The van der Waals surface area contributed by atoms with Gasteiger partial charge < -0.3 is 10.4 Å². The third kappa shape index (κ3) is 2.55. The summed E-state index contributed by atoms with van der Waals surface area (Å²) in [6, 6.07) is 0.789. The van der Waals surface area contributed by atoms with Crippen LogP contribution >= 0.6 is 0 Å². The number of rotatable bonds is 2. The zero-order valence-corrected chi connectivity index (χ0v) is 9.26. The number of hydrogen-bond acceptors (Lipinski definition) is 3. The maximum atomic E-state index is 11.1. The van der Waals surface area contributed by atoms with Crippen LogP contribution in [0.3, 0.4) is 0 Å². The molecule has 14 heavy (non-hydrogen) atoms. The van der Waals surface area contributed by atoms with Crippen LogP contribution in [0.1, 0.15) is 32.1 Å². The van der Waals surface area contributed by atoms with Gasteiger partial charge in [-0.05, 0) is 32.1 Å². The van der Waals surface area contributed by atoms with E-state index in [0.29, 0.717) is 12.1 Å². The fourth-order valence-electron chi connectivity index (χ4n) is 2.40. The van der Waals surface area contributed by atoms with E-state index in [1.54, 1.807) is 0 Å². The zero-order valence-electron chi connectivity index (χ0n) is 8.45. The maximum absolute atomic E-state index is 11.1. The van der Waals surface area contributed by atoms with Gasteiger partial charge in [0.05, 0.1) is 6.10 Å². The van der Waals surface area contributed by atoms with Gasteiger partial charge in [0.25, 0.3) is 0 Å². The van der Waals surface area contributed by atoms with Crippen LogP contribution in [0.4, 0.5) is 0 Å². The van der Waals surface area contributed by atoms with Crippen LogP contribution in [-0.4, -0.2) is 39.0 Å². The fraction of sp³-hybridized carbons (Fsp3) is 1.00. The minimum atomic E-state index is -0.575. The first-order valence-electron chi connectivity index (χ1n) is 5.55. The predicted molar refractivity (Wildman–Crippen MR) is 57.7 cm³/mol. The number of nitrogens with one attached hydrogen (secondary N) is 1. The van der Waals surface area contributed by atoms with Crippen LogP contribution in [-0.2, 0) is 10.8 Å². The van der Waals surface area contributed by atoms with Crippen molar-refractivity contribution >= 4 is 10.8 Å². The van der Waals surface area contributed by atoms with E-state index in [0.717, 1.165) is 43.6 Å². The third-order valence-corrected chi connectivity index (χ3v) is 4.70. The topological polar surface area (TPSA) is 49.3 Å². The van der Waals surface area contributed by atoms with E-state index >= 15 is 0 Å². The highest BCUT2D eigenvalue weighted by molar-refractivity contribution is 7.85. The van der Waals surface area contributed by atoms with Crippen LogP contribution < -0.4 is 5.32 Å². The van der Waals surface area contributed by atoms with Gasteiger partial charge in [-0.25, -0.2) is 0 Å². The first-order chi connectivity index (χ1) is 6.75. The molecule has 0 spiro atoms. The molecule has 2 fully saturated rings. The molecule has 1 saturated heterocycles. The van der Waals surface area contributed by atoms with E-state index in [1.165, 1.54) is 0 Å². The summed E-state index contributed by atoms with van der Waals surface area (Å²) in [6.07, 6.45) is 5.04. The number of aliphatic hydroxyl groups is 1. The Morgan fingerprint density at radius 2 is 1.86 bits per heavy atom. The van der Waals surface area contributed by atoms with Gasteiger partial charge in [0.15, 0.2) is 0 Å². The molecule has 3 nitrogen and oxygen atoms in total. The molecule has 0 aromatic carbocycles. The Morgan fingerprint density at radius 1 is 1.14 bits per heavy atom. The van der Waals surface area contributed by atoms with Crippen LogP contribution in [0.5, 0.6) is 0 Å². The molecule has 1 saturated carbocycles. The molecule has 0 bridgehead atoms. The molecule has 0 amide bonds. The Hall–Kier alpha value is 0.0700. The first-order valence-corrected chi connectivity index (χ1v) is 7.03. The lowest BCUT2D eigenvalue weighted by molar-refractivity contribution is 0.141.